The van der Waals surface area contributed by atoms with Gasteiger partial charge in [0.15, 0.2) is 0 Å². The summed E-state index contributed by atoms with van der Waals surface area (Å²) in [5.41, 5.74) is 4.05. The van der Waals surface area contributed by atoms with Gasteiger partial charge >= 0.3 is 0 Å². The quantitative estimate of drug-likeness (QED) is 0.719. The van der Waals surface area contributed by atoms with Crippen LogP contribution < -0.4 is 9.47 Å². The van der Waals surface area contributed by atoms with Gasteiger partial charge in [-0.15, -0.1) is 0 Å². The zero-order valence-corrected chi connectivity index (χ0v) is 15.1. The van der Waals surface area contributed by atoms with E-state index in [1.54, 1.807) is 14.2 Å². The average Bonchev–Trinajstić information content (AvgIpc) is 3.05. The number of pyridine rings is 1. The van der Waals surface area contributed by atoms with E-state index < -0.39 is 5.41 Å². The summed E-state index contributed by atoms with van der Waals surface area (Å²) in [6, 6.07) is 10.2. The van der Waals surface area contributed by atoms with Crippen LogP contribution in [0.5, 0.6) is 11.5 Å². The monoisotopic (exact) mass is 335 g/mol. The molecular weight excluding hydrogens is 314 g/mol. The molecule has 0 unspecified atom stereocenters. The van der Waals surface area contributed by atoms with E-state index in [0.29, 0.717) is 0 Å². The highest BCUT2D eigenvalue weighted by molar-refractivity contribution is 5.69. The Kier molecular flexibility index (Phi) is 4.13. The van der Waals surface area contributed by atoms with Gasteiger partial charge in [-0.3, -0.25) is 4.40 Å². The third kappa shape index (κ3) is 2.80. The molecule has 3 aromatic rings. The molecule has 1 aromatic carbocycles. The van der Waals surface area contributed by atoms with Crippen molar-refractivity contribution in [3.63, 3.8) is 0 Å². The summed E-state index contributed by atoms with van der Waals surface area (Å²) < 4.78 is 12.9. The number of methoxy groups -OCH3 is 2. The zero-order chi connectivity index (χ0) is 18.2. The van der Waals surface area contributed by atoms with Gasteiger partial charge in [-0.05, 0) is 50.6 Å². The molecule has 5 nitrogen and oxygen atoms in total. The minimum absolute atomic E-state index is 0.551. The van der Waals surface area contributed by atoms with Gasteiger partial charge in [-0.1, -0.05) is 0 Å². The standard InChI is InChI=1S/C20H21N3O2/c1-13-17(24-4)8-14(9-18(13)25-5)16-11-22-19-10-15(6-7-23(16)19)20(2,3)12-21/h6-11H,1-5H3. The highest BCUT2D eigenvalue weighted by Gasteiger charge is 2.21. The number of hydrogen-bond donors (Lipinski definition) is 0. The molecule has 2 aromatic heterocycles. The first-order valence-corrected chi connectivity index (χ1v) is 8.03. The molecule has 5 heteroatoms. The number of benzene rings is 1. The van der Waals surface area contributed by atoms with Crippen LogP contribution in [0.4, 0.5) is 0 Å². The fourth-order valence-corrected chi connectivity index (χ4v) is 2.88. The van der Waals surface area contributed by atoms with Crippen molar-refractivity contribution < 1.29 is 9.47 Å². The van der Waals surface area contributed by atoms with Gasteiger partial charge in [-0.25, -0.2) is 4.98 Å². The summed E-state index contributed by atoms with van der Waals surface area (Å²) in [4.78, 5) is 4.51. The maximum absolute atomic E-state index is 9.34. The smallest absolute Gasteiger partial charge is 0.137 e. The molecule has 0 radical (unpaired) electrons. The molecule has 0 bridgehead atoms. The fraction of sp³-hybridized carbons (Fsp3) is 0.300. The molecular formula is C20H21N3O2. The Balaban J connectivity index is 2.16. The van der Waals surface area contributed by atoms with Crippen molar-refractivity contribution in [1.29, 1.82) is 5.26 Å². The minimum atomic E-state index is -0.551. The third-order valence-electron chi connectivity index (χ3n) is 4.56. The fourth-order valence-electron chi connectivity index (χ4n) is 2.88. The van der Waals surface area contributed by atoms with Crippen LogP contribution in [0.25, 0.3) is 16.9 Å². The second-order valence-corrected chi connectivity index (χ2v) is 6.53. The Labute approximate surface area is 147 Å². The normalized spacial score (nSPS) is 11.4. The van der Waals surface area contributed by atoms with Gasteiger partial charge in [0, 0.05) is 17.3 Å². The summed E-state index contributed by atoms with van der Waals surface area (Å²) in [5, 5.41) is 9.34. The van der Waals surface area contributed by atoms with Crippen molar-refractivity contribution in [1.82, 2.24) is 9.38 Å². The number of ether oxygens (including phenoxy) is 2. The molecule has 0 saturated heterocycles. The molecule has 2 heterocycles. The van der Waals surface area contributed by atoms with Crippen LogP contribution in [0.1, 0.15) is 25.0 Å². The minimum Gasteiger partial charge on any atom is -0.496 e. The molecule has 0 amide bonds. The number of nitriles is 1. The maximum atomic E-state index is 9.34. The molecule has 0 atom stereocenters. The lowest BCUT2D eigenvalue weighted by molar-refractivity contribution is 0.389. The predicted molar refractivity (Wildman–Crippen MR) is 97.1 cm³/mol. The molecule has 0 aliphatic carbocycles. The first-order valence-electron chi connectivity index (χ1n) is 8.03. The lowest BCUT2D eigenvalue weighted by Gasteiger charge is -2.16. The Bertz CT molecular complexity index is 955. The number of hydrogen-bond acceptors (Lipinski definition) is 4. The second-order valence-electron chi connectivity index (χ2n) is 6.53. The SMILES string of the molecule is COc1cc(-c2cnc3cc(C(C)(C)C#N)ccn23)cc(OC)c1C. The van der Waals surface area contributed by atoms with E-state index in [4.69, 9.17) is 9.47 Å². The van der Waals surface area contributed by atoms with E-state index in [0.717, 1.165) is 39.5 Å². The van der Waals surface area contributed by atoms with Crippen LogP contribution in [0.3, 0.4) is 0 Å². The van der Waals surface area contributed by atoms with Gasteiger partial charge in [-0.2, -0.15) is 5.26 Å². The van der Waals surface area contributed by atoms with E-state index in [1.807, 2.05) is 61.8 Å². The Morgan fingerprint density at radius 1 is 1.12 bits per heavy atom. The van der Waals surface area contributed by atoms with Crippen LogP contribution in [0.15, 0.2) is 36.7 Å². The lowest BCUT2D eigenvalue weighted by atomic mass is 9.87. The van der Waals surface area contributed by atoms with E-state index in [2.05, 4.69) is 11.1 Å². The van der Waals surface area contributed by atoms with Crippen molar-refractivity contribution in [2.45, 2.75) is 26.2 Å². The second kappa shape index (κ2) is 6.14. The van der Waals surface area contributed by atoms with Crippen LogP contribution in [-0.4, -0.2) is 23.6 Å². The van der Waals surface area contributed by atoms with Crippen molar-refractivity contribution in [2.24, 2.45) is 0 Å². The van der Waals surface area contributed by atoms with Gasteiger partial charge in [0.1, 0.15) is 17.1 Å². The Morgan fingerprint density at radius 3 is 2.32 bits per heavy atom. The average molecular weight is 335 g/mol. The first kappa shape index (κ1) is 16.8. The topological polar surface area (TPSA) is 59.5 Å². The molecule has 128 valence electrons. The van der Waals surface area contributed by atoms with E-state index in [-0.39, 0.29) is 0 Å². The van der Waals surface area contributed by atoms with Gasteiger partial charge in [0.2, 0.25) is 0 Å². The molecule has 0 N–H and O–H groups in total. The number of nitrogens with zero attached hydrogens (tertiary/aromatic N) is 3. The van der Waals surface area contributed by atoms with E-state index in [9.17, 15) is 5.26 Å². The highest BCUT2D eigenvalue weighted by atomic mass is 16.5. The van der Waals surface area contributed by atoms with Gasteiger partial charge in [0.05, 0.1) is 37.6 Å². The maximum Gasteiger partial charge on any atom is 0.137 e. The molecule has 0 fully saturated rings. The van der Waals surface area contributed by atoms with Gasteiger partial charge < -0.3 is 9.47 Å². The summed E-state index contributed by atoms with van der Waals surface area (Å²) in [6.07, 6.45) is 3.77. The van der Waals surface area contributed by atoms with Gasteiger partial charge in [0.25, 0.3) is 0 Å². The molecule has 0 spiro atoms. The molecule has 0 aliphatic heterocycles. The highest BCUT2D eigenvalue weighted by Crippen LogP contribution is 2.35. The van der Waals surface area contributed by atoms with Crippen molar-refractivity contribution >= 4 is 5.65 Å². The molecule has 25 heavy (non-hydrogen) atoms. The summed E-state index contributed by atoms with van der Waals surface area (Å²) >= 11 is 0. The van der Waals surface area contributed by atoms with Crippen LogP contribution >= 0.6 is 0 Å². The summed E-state index contributed by atoms with van der Waals surface area (Å²) in [6.45, 7) is 5.77. The number of imidazole rings is 1. The predicted octanol–water partition coefficient (Wildman–Crippen LogP) is 4.13. The van der Waals surface area contributed by atoms with Crippen LogP contribution in [0.2, 0.25) is 0 Å². The third-order valence-corrected chi connectivity index (χ3v) is 4.56. The number of fused-ring (bicyclic) bond motifs is 1. The lowest BCUT2D eigenvalue weighted by Crippen LogP contribution is -2.14. The molecule has 0 aliphatic rings. The van der Waals surface area contributed by atoms with Crippen LogP contribution in [0, 0.1) is 18.3 Å². The van der Waals surface area contributed by atoms with E-state index >= 15 is 0 Å². The Morgan fingerprint density at radius 2 is 1.76 bits per heavy atom. The number of aromatic nitrogens is 2. The zero-order valence-electron chi connectivity index (χ0n) is 15.1. The largest absolute Gasteiger partial charge is 0.496 e. The first-order chi connectivity index (χ1) is 11.9. The Hall–Kier alpha value is -3.00. The van der Waals surface area contributed by atoms with E-state index in [1.165, 1.54) is 0 Å². The summed E-state index contributed by atoms with van der Waals surface area (Å²) in [5.74, 6) is 1.54. The summed E-state index contributed by atoms with van der Waals surface area (Å²) in [7, 11) is 3.30. The molecule has 0 saturated carbocycles. The number of rotatable bonds is 4. The van der Waals surface area contributed by atoms with Crippen molar-refractivity contribution in [3.05, 3.63) is 47.8 Å². The van der Waals surface area contributed by atoms with Crippen molar-refractivity contribution in [2.75, 3.05) is 14.2 Å². The molecule has 3 rings (SSSR count). The van der Waals surface area contributed by atoms with Crippen molar-refractivity contribution in [3.8, 4) is 28.8 Å². The van der Waals surface area contributed by atoms with Crippen LogP contribution in [-0.2, 0) is 5.41 Å².